The quantitative estimate of drug-likeness (QED) is 0.222. The van der Waals surface area contributed by atoms with Crippen LogP contribution >= 0.6 is 0 Å². The van der Waals surface area contributed by atoms with E-state index in [1.54, 1.807) is 4.90 Å². The highest BCUT2D eigenvalue weighted by atomic mass is 19.1. The Morgan fingerprint density at radius 1 is 1.22 bits per heavy atom. The number of nitrogens with zero attached hydrogens (tertiary/aromatic N) is 5. The van der Waals surface area contributed by atoms with E-state index in [1.165, 1.54) is 0 Å². The summed E-state index contributed by atoms with van der Waals surface area (Å²) in [5, 5.41) is 12.5. The Labute approximate surface area is 210 Å². The number of halogens is 1. The van der Waals surface area contributed by atoms with Gasteiger partial charge in [-0.25, -0.2) is 0 Å². The van der Waals surface area contributed by atoms with Gasteiger partial charge in [0.25, 0.3) is 5.91 Å². The Morgan fingerprint density at radius 3 is 2.81 bits per heavy atom. The normalized spacial score (nSPS) is 16.2. The van der Waals surface area contributed by atoms with Gasteiger partial charge >= 0.3 is 0 Å². The van der Waals surface area contributed by atoms with Gasteiger partial charge in [-0.15, -0.1) is 10.2 Å². The van der Waals surface area contributed by atoms with Crippen molar-refractivity contribution in [1.82, 2.24) is 20.3 Å². The number of benzene rings is 1. The van der Waals surface area contributed by atoms with Crippen LogP contribution in [0.2, 0.25) is 0 Å². The van der Waals surface area contributed by atoms with Crippen LogP contribution in [0.25, 0.3) is 11.5 Å². The van der Waals surface area contributed by atoms with Gasteiger partial charge < -0.3 is 13.8 Å². The largest absolute Gasteiger partial charge is 0.420 e. The summed E-state index contributed by atoms with van der Waals surface area (Å²) >= 11 is 0. The second-order valence-electron chi connectivity index (χ2n) is 10.2. The monoisotopic (exact) mass is 493 g/mol. The van der Waals surface area contributed by atoms with Crippen molar-refractivity contribution in [2.45, 2.75) is 76.0 Å². The molecule has 2 aliphatic rings. The fraction of sp³-hybridized carbons (Fsp3) is 0.519. The Kier molecular flexibility index (Phi) is 6.98. The first-order valence-electron chi connectivity index (χ1n) is 12.8. The number of anilines is 1. The van der Waals surface area contributed by atoms with Gasteiger partial charge in [0.2, 0.25) is 17.7 Å². The number of unbranched alkanes of at least 4 members (excludes halogenated alkanes) is 2. The van der Waals surface area contributed by atoms with E-state index in [4.69, 9.17) is 8.94 Å². The van der Waals surface area contributed by atoms with E-state index in [2.05, 4.69) is 33.8 Å². The first kappa shape index (κ1) is 24.3. The Hall–Kier alpha value is -3.36. The lowest BCUT2D eigenvalue weighted by Crippen LogP contribution is -2.33. The third kappa shape index (κ3) is 5.55. The molecule has 1 aromatic carbocycles. The van der Waals surface area contributed by atoms with Crippen LogP contribution in [0.15, 0.2) is 45.4 Å². The van der Waals surface area contributed by atoms with E-state index >= 15 is 0 Å². The predicted molar refractivity (Wildman–Crippen MR) is 132 cm³/mol. The summed E-state index contributed by atoms with van der Waals surface area (Å²) in [7, 11) is 0. The third-order valence-corrected chi connectivity index (χ3v) is 6.98. The van der Waals surface area contributed by atoms with Crippen molar-refractivity contribution in [3.05, 3.63) is 54.0 Å². The zero-order valence-corrected chi connectivity index (χ0v) is 20.7. The number of aryl methyl sites for hydroxylation is 1. The molecule has 2 aliphatic carbocycles. The summed E-state index contributed by atoms with van der Waals surface area (Å²) in [4.78, 5) is 19.4. The number of hydrogen-bond donors (Lipinski definition) is 0. The molecule has 36 heavy (non-hydrogen) atoms. The molecule has 9 heteroatoms. The molecule has 0 radical (unpaired) electrons. The predicted octanol–water partition coefficient (Wildman–Crippen LogP) is 5.71. The lowest BCUT2D eigenvalue weighted by Gasteiger charge is -2.24. The van der Waals surface area contributed by atoms with Gasteiger partial charge in [0.15, 0.2) is 5.82 Å². The van der Waals surface area contributed by atoms with Crippen molar-refractivity contribution in [1.29, 1.82) is 0 Å². The molecule has 0 N–H and O–H groups in total. The first-order valence-corrected chi connectivity index (χ1v) is 12.8. The molecule has 190 valence electrons. The number of carbonyl (C=O) groups excluding carboxylic acids is 1. The minimum Gasteiger partial charge on any atom is -0.420 e. The van der Waals surface area contributed by atoms with Crippen LogP contribution in [-0.4, -0.2) is 39.5 Å². The van der Waals surface area contributed by atoms with Crippen LogP contribution in [0.1, 0.15) is 81.8 Å². The lowest BCUT2D eigenvalue weighted by atomic mass is 10.1. The van der Waals surface area contributed by atoms with Gasteiger partial charge in [0.05, 0.1) is 6.67 Å². The summed E-state index contributed by atoms with van der Waals surface area (Å²) < 4.78 is 24.2. The van der Waals surface area contributed by atoms with E-state index in [0.29, 0.717) is 29.9 Å². The van der Waals surface area contributed by atoms with E-state index in [1.807, 2.05) is 24.3 Å². The lowest BCUT2D eigenvalue weighted by molar-refractivity contribution is -0.115. The fourth-order valence-corrected chi connectivity index (χ4v) is 4.14. The third-order valence-electron chi connectivity index (χ3n) is 6.98. The Balaban J connectivity index is 1.22. The maximum Gasteiger partial charge on any atom is 0.253 e. The fourth-order valence-electron chi connectivity index (χ4n) is 4.14. The summed E-state index contributed by atoms with van der Waals surface area (Å²) in [6.07, 6.45) is 7.64. The summed E-state index contributed by atoms with van der Waals surface area (Å²) in [6, 6.07) is 7.47. The van der Waals surface area contributed by atoms with Crippen molar-refractivity contribution in [2.24, 2.45) is 0 Å². The molecule has 8 nitrogen and oxygen atoms in total. The number of hydrogen-bond acceptors (Lipinski definition) is 7. The molecule has 2 fully saturated rings. The number of aromatic nitrogens is 4. The van der Waals surface area contributed by atoms with Crippen LogP contribution in [-0.2, 0) is 16.6 Å². The van der Waals surface area contributed by atoms with Gasteiger partial charge in [-0.05, 0) is 56.7 Å². The Bertz CT molecular complexity index is 1230. The van der Waals surface area contributed by atoms with Crippen molar-refractivity contribution in [2.75, 3.05) is 18.1 Å². The molecule has 1 amide bonds. The number of amides is 1. The second kappa shape index (κ2) is 10.3. The van der Waals surface area contributed by atoms with Gasteiger partial charge in [-0.2, -0.15) is 4.98 Å². The summed E-state index contributed by atoms with van der Waals surface area (Å²) in [5.74, 6) is 2.68. The van der Waals surface area contributed by atoms with Gasteiger partial charge in [0, 0.05) is 47.5 Å². The molecule has 3 aromatic rings. The minimum absolute atomic E-state index is 0.0164. The van der Waals surface area contributed by atoms with Crippen molar-refractivity contribution >= 4 is 11.6 Å². The molecule has 2 aromatic heterocycles. The first-order chi connectivity index (χ1) is 17.5. The average molecular weight is 494 g/mol. The second-order valence-corrected chi connectivity index (χ2v) is 10.2. The van der Waals surface area contributed by atoms with Crippen molar-refractivity contribution in [3.63, 3.8) is 0 Å². The molecule has 0 atom stereocenters. The molecule has 5 rings (SSSR count). The topological polar surface area (TPSA) is 98.2 Å². The molecular weight excluding hydrogens is 461 g/mol. The van der Waals surface area contributed by atoms with Crippen LogP contribution in [0.3, 0.4) is 0 Å². The molecule has 0 unspecified atom stereocenters. The van der Waals surface area contributed by atoms with Gasteiger partial charge in [-0.1, -0.05) is 31.1 Å². The van der Waals surface area contributed by atoms with Crippen LogP contribution < -0.4 is 4.90 Å². The molecule has 0 aliphatic heterocycles. The van der Waals surface area contributed by atoms with Crippen LogP contribution in [0, 0.1) is 0 Å². The summed E-state index contributed by atoms with van der Waals surface area (Å²) in [5.41, 5.74) is 1.77. The maximum absolute atomic E-state index is 13.1. The van der Waals surface area contributed by atoms with E-state index in [9.17, 15) is 9.18 Å². The number of carbonyl (C=O) groups is 1. The molecule has 0 bridgehead atoms. The molecule has 0 saturated heterocycles. The van der Waals surface area contributed by atoms with Crippen LogP contribution in [0.4, 0.5) is 10.1 Å². The molecule has 2 heterocycles. The minimum atomic E-state index is -0.615. The average Bonchev–Trinajstić information content (AvgIpc) is 3.76. The Morgan fingerprint density at radius 2 is 2.06 bits per heavy atom. The standard InChI is InChI=1S/C27H32FN5O3/c1-18(12-15-28)25(34)33(16-5-3-4-9-22-29-26(36-32-22)27(2)13-14-27)21-8-6-7-20(17-21)24-31-30-23(35-24)19-10-11-19/h6-8,17,19H,1,3-5,9-16H2,2H3. The van der Waals surface area contributed by atoms with Crippen LogP contribution in [0.5, 0.6) is 0 Å². The smallest absolute Gasteiger partial charge is 0.253 e. The van der Waals surface area contributed by atoms with Gasteiger partial charge in [0.1, 0.15) is 0 Å². The molecule has 2 saturated carbocycles. The maximum atomic E-state index is 13.1. The number of alkyl halides is 1. The van der Waals surface area contributed by atoms with E-state index < -0.39 is 6.67 Å². The molecule has 0 spiro atoms. The van der Waals surface area contributed by atoms with Gasteiger partial charge in [-0.3, -0.25) is 9.18 Å². The van der Waals surface area contributed by atoms with E-state index in [0.717, 1.165) is 68.6 Å². The highest BCUT2D eigenvalue weighted by Gasteiger charge is 2.44. The summed E-state index contributed by atoms with van der Waals surface area (Å²) in [6.45, 7) is 5.83. The highest BCUT2D eigenvalue weighted by molar-refractivity contribution is 6.05. The van der Waals surface area contributed by atoms with E-state index in [-0.39, 0.29) is 23.3 Å². The van der Waals surface area contributed by atoms with Crippen molar-refractivity contribution in [3.8, 4) is 11.5 Å². The molecular formula is C27H32FN5O3. The zero-order chi connectivity index (χ0) is 25.1. The van der Waals surface area contributed by atoms with Crippen molar-refractivity contribution < 1.29 is 18.1 Å². The zero-order valence-electron chi connectivity index (χ0n) is 20.7. The SMILES string of the molecule is C=C(CCF)C(=O)N(CCCCCc1noc(C2(C)CC2)n1)c1cccc(-c2nnc(C3CC3)o2)c1. The highest BCUT2D eigenvalue weighted by Crippen LogP contribution is 2.46. The number of rotatable bonds is 13.